The lowest BCUT2D eigenvalue weighted by atomic mass is 10.1. The summed E-state index contributed by atoms with van der Waals surface area (Å²) in [7, 11) is 0. The molecule has 1 aromatic heterocycles. The van der Waals surface area contributed by atoms with E-state index < -0.39 is 5.82 Å². The van der Waals surface area contributed by atoms with Gasteiger partial charge in [-0.3, -0.25) is 9.59 Å². The lowest BCUT2D eigenvalue weighted by Crippen LogP contribution is -2.35. The van der Waals surface area contributed by atoms with Gasteiger partial charge in [0, 0.05) is 18.0 Å². The Morgan fingerprint density at radius 3 is 2.90 bits per heavy atom. The molecule has 3 N–H and O–H groups in total. The quantitative estimate of drug-likeness (QED) is 0.771. The third-order valence-corrected chi connectivity index (χ3v) is 3.19. The molecule has 2 aromatic rings. The fourth-order valence-corrected chi connectivity index (χ4v) is 2.04. The van der Waals surface area contributed by atoms with Crippen molar-refractivity contribution in [3.05, 3.63) is 46.0 Å². The highest BCUT2D eigenvalue weighted by Crippen LogP contribution is 2.13. The van der Waals surface area contributed by atoms with Crippen molar-refractivity contribution in [2.75, 3.05) is 6.61 Å². The first-order valence-corrected chi connectivity index (χ1v) is 6.71. The summed E-state index contributed by atoms with van der Waals surface area (Å²) in [4.78, 5) is 26.1. The SMILES string of the molecule is CC(CO)NC(=O)CCc1cc2ccc(F)cc2[nH]c1=O. The van der Waals surface area contributed by atoms with Gasteiger partial charge in [0.15, 0.2) is 0 Å². The second-order valence-electron chi connectivity index (χ2n) is 5.01. The molecule has 0 aliphatic heterocycles. The largest absolute Gasteiger partial charge is 0.394 e. The lowest BCUT2D eigenvalue weighted by molar-refractivity contribution is -0.121. The number of H-pyrrole nitrogens is 1. The molecule has 1 heterocycles. The zero-order valence-corrected chi connectivity index (χ0v) is 11.6. The van der Waals surface area contributed by atoms with Crippen LogP contribution in [0, 0.1) is 5.82 Å². The fraction of sp³-hybridized carbons (Fsp3) is 0.333. The molecule has 0 spiro atoms. The van der Waals surface area contributed by atoms with E-state index in [1.54, 1.807) is 19.1 Å². The average Bonchev–Trinajstić information content (AvgIpc) is 2.44. The van der Waals surface area contributed by atoms with Crippen LogP contribution in [-0.2, 0) is 11.2 Å². The van der Waals surface area contributed by atoms with Crippen LogP contribution in [0.5, 0.6) is 0 Å². The van der Waals surface area contributed by atoms with Gasteiger partial charge in [0.05, 0.1) is 12.1 Å². The van der Waals surface area contributed by atoms with Gasteiger partial charge >= 0.3 is 0 Å². The van der Waals surface area contributed by atoms with Crippen LogP contribution in [-0.4, -0.2) is 28.6 Å². The maximum absolute atomic E-state index is 13.1. The molecular weight excluding hydrogens is 275 g/mol. The number of nitrogens with one attached hydrogen (secondary N) is 2. The van der Waals surface area contributed by atoms with Crippen LogP contribution in [0.3, 0.4) is 0 Å². The van der Waals surface area contributed by atoms with Gasteiger partial charge in [0.2, 0.25) is 5.91 Å². The number of aliphatic hydroxyl groups excluding tert-OH is 1. The predicted octanol–water partition coefficient (Wildman–Crippen LogP) is 1.10. The van der Waals surface area contributed by atoms with Crippen LogP contribution in [0.4, 0.5) is 4.39 Å². The Morgan fingerprint density at radius 1 is 1.43 bits per heavy atom. The fourth-order valence-electron chi connectivity index (χ4n) is 2.04. The molecule has 112 valence electrons. The van der Waals surface area contributed by atoms with E-state index in [0.717, 1.165) is 5.39 Å². The van der Waals surface area contributed by atoms with Crippen molar-refractivity contribution >= 4 is 16.8 Å². The van der Waals surface area contributed by atoms with Crippen molar-refractivity contribution in [2.24, 2.45) is 0 Å². The minimum Gasteiger partial charge on any atom is -0.394 e. The molecule has 5 nitrogen and oxygen atoms in total. The predicted molar refractivity (Wildman–Crippen MR) is 77.5 cm³/mol. The molecule has 1 atom stereocenters. The Kier molecular flexibility index (Phi) is 4.70. The first-order valence-electron chi connectivity index (χ1n) is 6.71. The number of pyridine rings is 1. The number of halogens is 1. The van der Waals surface area contributed by atoms with Crippen molar-refractivity contribution in [2.45, 2.75) is 25.8 Å². The zero-order chi connectivity index (χ0) is 15.4. The van der Waals surface area contributed by atoms with Gasteiger partial charge in [0.25, 0.3) is 5.56 Å². The smallest absolute Gasteiger partial charge is 0.251 e. The van der Waals surface area contributed by atoms with Gasteiger partial charge in [-0.05, 0) is 43.0 Å². The van der Waals surface area contributed by atoms with Crippen molar-refractivity contribution < 1.29 is 14.3 Å². The summed E-state index contributed by atoms with van der Waals surface area (Å²) in [5, 5.41) is 12.2. The van der Waals surface area contributed by atoms with Crippen LogP contribution in [0.25, 0.3) is 10.9 Å². The molecule has 0 saturated heterocycles. The van der Waals surface area contributed by atoms with Crippen LogP contribution in [0.2, 0.25) is 0 Å². The second kappa shape index (κ2) is 6.49. The summed E-state index contributed by atoms with van der Waals surface area (Å²) < 4.78 is 13.1. The number of aromatic amines is 1. The molecule has 0 radical (unpaired) electrons. The van der Waals surface area contributed by atoms with Crippen LogP contribution in [0.15, 0.2) is 29.1 Å². The summed E-state index contributed by atoms with van der Waals surface area (Å²) in [5.41, 5.74) is 0.583. The Balaban J connectivity index is 2.12. The van der Waals surface area contributed by atoms with E-state index in [2.05, 4.69) is 10.3 Å². The van der Waals surface area contributed by atoms with E-state index in [0.29, 0.717) is 11.1 Å². The number of fused-ring (bicyclic) bond motifs is 1. The number of aryl methyl sites for hydroxylation is 1. The third-order valence-electron chi connectivity index (χ3n) is 3.19. The molecule has 0 aliphatic carbocycles. The van der Waals surface area contributed by atoms with E-state index in [-0.39, 0.29) is 37.0 Å². The Bertz CT molecular complexity index is 712. The number of rotatable bonds is 5. The standard InChI is InChI=1S/C15H17FN2O3/c1-9(8-19)17-14(20)5-3-11-6-10-2-4-12(16)7-13(10)18-15(11)21/h2,4,6-7,9,19H,3,5,8H2,1H3,(H,17,20)(H,18,21). The zero-order valence-electron chi connectivity index (χ0n) is 11.6. The maximum Gasteiger partial charge on any atom is 0.251 e. The molecule has 0 saturated carbocycles. The van der Waals surface area contributed by atoms with Gasteiger partial charge in [-0.15, -0.1) is 0 Å². The number of aromatic nitrogens is 1. The van der Waals surface area contributed by atoms with Gasteiger partial charge in [-0.1, -0.05) is 0 Å². The molecule has 0 bridgehead atoms. The molecule has 6 heteroatoms. The monoisotopic (exact) mass is 292 g/mol. The molecular formula is C15H17FN2O3. The second-order valence-corrected chi connectivity index (χ2v) is 5.01. The topological polar surface area (TPSA) is 82.2 Å². The maximum atomic E-state index is 13.1. The highest BCUT2D eigenvalue weighted by Gasteiger charge is 2.09. The van der Waals surface area contributed by atoms with Crippen molar-refractivity contribution in [3.63, 3.8) is 0 Å². The van der Waals surface area contributed by atoms with Gasteiger partial charge in [-0.25, -0.2) is 4.39 Å². The van der Waals surface area contributed by atoms with E-state index in [4.69, 9.17) is 5.11 Å². The number of amides is 1. The highest BCUT2D eigenvalue weighted by molar-refractivity contribution is 5.79. The summed E-state index contributed by atoms with van der Waals surface area (Å²) in [6, 6.07) is 5.51. The highest BCUT2D eigenvalue weighted by atomic mass is 19.1. The normalized spacial score (nSPS) is 12.3. The summed E-state index contributed by atoms with van der Waals surface area (Å²) in [6.45, 7) is 1.56. The molecule has 0 aliphatic rings. The minimum atomic E-state index is -0.414. The van der Waals surface area contributed by atoms with Gasteiger partial charge in [-0.2, -0.15) is 0 Å². The van der Waals surface area contributed by atoms with E-state index in [1.165, 1.54) is 12.1 Å². The molecule has 21 heavy (non-hydrogen) atoms. The summed E-state index contributed by atoms with van der Waals surface area (Å²) in [5.74, 6) is -0.640. The van der Waals surface area contributed by atoms with Crippen LogP contribution >= 0.6 is 0 Å². The summed E-state index contributed by atoms with van der Waals surface area (Å²) >= 11 is 0. The average molecular weight is 292 g/mol. The van der Waals surface area contributed by atoms with Crippen molar-refractivity contribution in [1.29, 1.82) is 0 Å². The molecule has 0 fully saturated rings. The van der Waals surface area contributed by atoms with Crippen molar-refractivity contribution in [1.82, 2.24) is 10.3 Å². The van der Waals surface area contributed by atoms with E-state index >= 15 is 0 Å². The lowest BCUT2D eigenvalue weighted by Gasteiger charge is -2.10. The van der Waals surface area contributed by atoms with Gasteiger partial charge < -0.3 is 15.4 Å². The number of carbonyl (C=O) groups is 1. The number of carbonyl (C=O) groups excluding carboxylic acids is 1. The number of aliphatic hydroxyl groups is 1. The number of hydrogen-bond donors (Lipinski definition) is 3. The van der Waals surface area contributed by atoms with Crippen LogP contribution in [0.1, 0.15) is 18.9 Å². The number of hydrogen-bond acceptors (Lipinski definition) is 3. The molecule has 1 aromatic carbocycles. The third kappa shape index (κ3) is 3.88. The van der Waals surface area contributed by atoms with E-state index in [9.17, 15) is 14.0 Å². The molecule has 1 amide bonds. The Labute approximate surface area is 120 Å². The van der Waals surface area contributed by atoms with E-state index in [1.807, 2.05) is 0 Å². The van der Waals surface area contributed by atoms with Crippen molar-refractivity contribution in [3.8, 4) is 0 Å². The first-order chi connectivity index (χ1) is 9.99. The molecule has 1 unspecified atom stereocenters. The minimum absolute atomic E-state index is 0.131. The Hall–Kier alpha value is -2.21. The first kappa shape index (κ1) is 15.2. The Morgan fingerprint density at radius 2 is 2.19 bits per heavy atom. The summed E-state index contributed by atoms with van der Waals surface area (Å²) in [6.07, 6.45) is 0.437. The van der Waals surface area contributed by atoms with Crippen LogP contribution < -0.4 is 10.9 Å². The molecule has 2 rings (SSSR count). The van der Waals surface area contributed by atoms with Gasteiger partial charge in [0.1, 0.15) is 5.82 Å². The number of benzene rings is 1.